The van der Waals surface area contributed by atoms with Crippen LogP contribution in [0.2, 0.25) is 0 Å². The largest absolute Gasteiger partial charge is 0.466 e. The fourth-order valence-electron chi connectivity index (χ4n) is 2.60. The van der Waals surface area contributed by atoms with Crippen LogP contribution >= 0.6 is 0 Å². The van der Waals surface area contributed by atoms with Crippen LogP contribution in [0.15, 0.2) is 45.2 Å². The summed E-state index contributed by atoms with van der Waals surface area (Å²) >= 11 is 0. The van der Waals surface area contributed by atoms with E-state index in [4.69, 9.17) is 13.6 Å². The predicted octanol–water partition coefficient (Wildman–Crippen LogP) is 3.76. The van der Waals surface area contributed by atoms with E-state index in [1.807, 2.05) is 37.3 Å². The number of carbonyl (C=O) groups is 1. The van der Waals surface area contributed by atoms with E-state index in [0.717, 1.165) is 11.0 Å². The second kappa shape index (κ2) is 6.30. The Labute approximate surface area is 134 Å². The number of para-hydroxylation sites is 1. The molecule has 0 bridgehead atoms. The van der Waals surface area contributed by atoms with Gasteiger partial charge in [0.2, 0.25) is 0 Å². The van der Waals surface area contributed by atoms with Crippen LogP contribution in [-0.4, -0.2) is 19.6 Å². The number of rotatable bonds is 5. The number of methoxy groups -OCH3 is 1. The van der Waals surface area contributed by atoms with Crippen molar-refractivity contribution in [3.63, 3.8) is 0 Å². The van der Waals surface area contributed by atoms with Crippen LogP contribution in [0.4, 0.5) is 0 Å². The van der Waals surface area contributed by atoms with Crippen molar-refractivity contribution >= 4 is 16.9 Å². The fraction of sp³-hybridized carbons (Fsp3) is 0.278. The van der Waals surface area contributed by atoms with Gasteiger partial charge in [0, 0.05) is 12.5 Å². The van der Waals surface area contributed by atoms with Gasteiger partial charge in [0.05, 0.1) is 12.1 Å². The summed E-state index contributed by atoms with van der Waals surface area (Å²) in [7, 11) is 1.59. The number of nitrogens with one attached hydrogen (secondary N) is 1. The summed E-state index contributed by atoms with van der Waals surface area (Å²) in [4.78, 5) is 12.2. The number of amides is 1. The molecule has 1 amide bonds. The second-order valence-electron chi connectivity index (χ2n) is 5.45. The maximum absolute atomic E-state index is 12.2. The fourth-order valence-corrected chi connectivity index (χ4v) is 2.60. The highest BCUT2D eigenvalue weighted by Crippen LogP contribution is 2.25. The molecule has 2 aromatic heterocycles. The topological polar surface area (TPSA) is 64.6 Å². The number of aryl methyl sites for hydroxylation is 2. The van der Waals surface area contributed by atoms with E-state index in [1.165, 1.54) is 0 Å². The number of fused-ring (bicyclic) bond motifs is 1. The van der Waals surface area contributed by atoms with Gasteiger partial charge in [-0.25, -0.2) is 0 Å². The second-order valence-corrected chi connectivity index (χ2v) is 5.45. The number of ether oxygens (including phenoxy) is 1. The first kappa shape index (κ1) is 15.4. The first-order valence-corrected chi connectivity index (χ1v) is 7.45. The van der Waals surface area contributed by atoms with Gasteiger partial charge in [-0.15, -0.1) is 0 Å². The molecule has 0 radical (unpaired) electrons. The van der Waals surface area contributed by atoms with E-state index in [0.29, 0.717) is 29.4 Å². The molecule has 5 nitrogen and oxygen atoms in total. The highest BCUT2D eigenvalue weighted by Gasteiger charge is 2.19. The van der Waals surface area contributed by atoms with Crippen molar-refractivity contribution in [2.45, 2.75) is 20.0 Å². The van der Waals surface area contributed by atoms with E-state index in [1.54, 1.807) is 20.1 Å². The molecule has 0 saturated carbocycles. The van der Waals surface area contributed by atoms with Gasteiger partial charge in [0.15, 0.2) is 0 Å². The van der Waals surface area contributed by atoms with E-state index in [2.05, 4.69) is 5.32 Å². The summed E-state index contributed by atoms with van der Waals surface area (Å²) in [5, 5.41) is 3.87. The average molecular weight is 313 g/mol. The van der Waals surface area contributed by atoms with Crippen molar-refractivity contribution < 1.29 is 18.4 Å². The van der Waals surface area contributed by atoms with Crippen molar-refractivity contribution in [2.75, 3.05) is 13.7 Å². The Balaban J connectivity index is 1.72. The molecule has 0 aliphatic rings. The van der Waals surface area contributed by atoms with Crippen molar-refractivity contribution in [3.8, 4) is 0 Å². The normalized spacial score (nSPS) is 12.5. The summed E-state index contributed by atoms with van der Waals surface area (Å²) in [6.07, 6.45) is -0.348. The Morgan fingerprint density at radius 3 is 2.65 bits per heavy atom. The maximum atomic E-state index is 12.2. The molecule has 23 heavy (non-hydrogen) atoms. The molecule has 5 heteroatoms. The minimum absolute atomic E-state index is 0.183. The van der Waals surface area contributed by atoms with E-state index >= 15 is 0 Å². The first-order chi connectivity index (χ1) is 11.1. The molecule has 1 unspecified atom stereocenters. The Kier molecular flexibility index (Phi) is 4.21. The van der Waals surface area contributed by atoms with E-state index in [-0.39, 0.29) is 12.0 Å². The summed E-state index contributed by atoms with van der Waals surface area (Å²) in [6, 6.07) is 11.4. The zero-order valence-electron chi connectivity index (χ0n) is 13.4. The third kappa shape index (κ3) is 3.14. The Morgan fingerprint density at radius 2 is 2.00 bits per heavy atom. The summed E-state index contributed by atoms with van der Waals surface area (Å²) < 4.78 is 16.6. The lowest BCUT2D eigenvalue weighted by Crippen LogP contribution is -2.29. The first-order valence-electron chi connectivity index (χ1n) is 7.45. The quantitative estimate of drug-likeness (QED) is 0.779. The Bertz CT molecular complexity index is 798. The number of benzene rings is 1. The van der Waals surface area contributed by atoms with Crippen molar-refractivity contribution in [1.29, 1.82) is 0 Å². The van der Waals surface area contributed by atoms with Gasteiger partial charge in [-0.1, -0.05) is 18.2 Å². The minimum Gasteiger partial charge on any atom is -0.466 e. The third-order valence-corrected chi connectivity index (χ3v) is 3.78. The highest BCUT2D eigenvalue weighted by molar-refractivity contribution is 5.95. The monoisotopic (exact) mass is 313 g/mol. The van der Waals surface area contributed by atoms with Gasteiger partial charge in [-0.05, 0) is 32.0 Å². The van der Waals surface area contributed by atoms with Crippen LogP contribution < -0.4 is 5.32 Å². The van der Waals surface area contributed by atoms with E-state index < -0.39 is 0 Å². The van der Waals surface area contributed by atoms with Crippen LogP contribution in [0.3, 0.4) is 0 Å². The van der Waals surface area contributed by atoms with Gasteiger partial charge in [-0.2, -0.15) is 0 Å². The zero-order valence-corrected chi connectivity index (χ0v) is 13.4. The number of hydrogen-bond acceptors (Lipinski definition) is 4. The minimum atomic E-state index is -0.348. The van der Waals surface area contributed by atoms with E-state index in [9.17, 15) is 4.79 Å². The van der Waals surface area contributed by atoms with Crippen LogP contribution in [0.5, 0.6) is 0 Å². The van der Waals surface area contributed by atoms with Crippen molar-refractivity contribution in [3.05, 3.63) is 59.2 Å². The highest BCUT2D eigenvalue weighted by atomic mass is 16.5. The lowest BCUT2D eigenvalue weighted by Gasteiger charge is -2.13. The molecular weight excluding hydrogens is 294 g/mol. The zero-order chi connectivity index (χ0) is 16.4. The number of carbonyl (C=O) groups excluding carboxylic acids is 1. The van der Waals surface area contributed by atoms with Gasteiger partial charge < -0.3 is 18.9 Å². The van der Waals surface area contributed by atoms with Crippen LogP contribution in [0, 0.1) is 13.8 Å². The molecule has 1 aromatic carbocycles. The molecule has 0 saturated heterocycles. The Morgan fingerprint density at radius 1 is 1.22 bits per heavy atom. The average Bonchev–Trinajstić information content (AvgIpc) is 3.10. The molecule has 0 spiro atoms. The molecule has 1 atom stereocenters. The molecule has 0 aliphatic heterocycles. The van der Waals surface area contributed by atoms with Crippen molar-refractivity contribution in [2.24, 2.45) is 0 Å². The molecule has 0 aliphatic carbocycles. The summed E-state index contributed by atoms with van der Waals surface area (Å²) in [5.74, 6) is 1.83. The smallest absolute Gasteiger partial charge is 0.254 e. The third-order valence-electron chi connectivity index (χ3n) is 3.78. The summed E-state index contributed by atoms with van der Waals surface area (Å²) in [6.45, 7) is 3.91. The molecule has 3 rings (SSSR count). The molecule has 0 fully saturated rings. The van der Waals surface area contributed by atoms with Crippen LogP contribution in [-0.2, 0) is 4.74 Å². The molecule has 1 N–H and O–H groups in total. The summed E-state index contributed by atoms with van der Waals surface area (Å²) in [5.41, 5.74) is 1.35. The number of furan rings is 2. The number of hydrogen-bond donors (Lipinski definition) is 1. The van der Waals surface area contributed by atoms with Gasteiger partial charge in [0.25, 0.3) is 5.91 Å². The Hall–Kier alpha value is -2.53. The van der Waals surface area contributed by atoms with Crippen molar-refractivity contribution in [1.82, 2.24) is 5.32 Å². The standard InChI is InChI=1S/C18H19NO4/c1-11-8-14(12(2)22-11)18(20)19-10-17(21-3)16-9-13-6-4-5-7-15(13)23-16/h4-9,17H,10H2,1-3H3,(H,19,20). The van der Waals surface area contributed by atoms with Gasteiger partial charge >= 0.3 is 0 Å². The van der Waals surface area contributed by atoms with Gasteiger partial charge in [0.1, 0.15) is 29.0 Å². The molecule has 3 aromatic rings. The lowest BCUT2D eigenvalue weighted by molar-refractivity contribution is 0.0746. The molecule has 120 valence electrons. The maximum Gasteiger partial charge on any atom is 0.254 e. The molecular formula is C18H19NO4. The molecule has 2 heterocycles. The van der Waals surface area contributed by atoms with Crippen LogP contribution in [0.1, 0.15) is 33.7 Å². The van der Waals surface area contributed by atoms with Crippen LogP contribution in [0.25, 0.3) is 11.0 Å². The predicted molar refractivity (Wildman–Crippen MR) is 86.5 cm³/mol. The van der Waals surface area contributed by atoms with Gasteiger partial charge in [-0.3, -0.25) is 4.79 Å². The SMILES string of the molecule is COC(CNC(=O)c1cc(C)oc1C)c1cc2ccccc2o1. The lowest BCUT2D eigenvalue weighted by atomic mass is 10.2.